The molecule has 6 nitrogen and oxygen atoms in total. The van der Waals surface area contributed by atoms with E-state index in [4.69, 9.17) is 12.2 Å². The molecule has 0 spiro atoms. The fraction of sp³-hybridized carbons (Fsp3) is 0.200. The zero-order valence-corrected chi connectivity index (χ0v) is 10.1. The minimum atomic E-state index is 0.544. The van der Waals surface area contributed by atoms with Crippen LogP contribution >= 0.6 is 12.2 Å². The number of imidazole rings is 1. The number of anilines is 1. The number of aromatic nitrogens is 4. The minimum Gasteiger partial charge on any atom is -0.363 e. The Morgan fingerprint density at radius 3 is 3.06 bits per heavy atom. The lowest BCUT2D eigenvalue weighted by atomic mass is 10.5. The fourth-order valence-electron chi connectivity index (χ4n) is 1.24. The molecular weight excluding hydrogens is 236 g/mol. The van der Waals surface area contributed by atoms with E-state index < -0.39 is 0 Å². The highest BCUT2D eigenvalue weighted by molar-refractivity contribution is 7.80. The highest BCUT2D eigenvalue weighted by Gasteiger charge is 2.02. The Morgan fingerprint density at radius 2 is 2.35 bits per heavy atom. The van der Waals surface area contributed by atoms with E-state index in [0.29, 0.717) is 16.9 Å². The van der Waals surface area contributed by atoms with E-state index in [9.17, 15) is 0 Å². The topological polar surface area (TPSA) is 67.7 Å². The Kier molecular flexibility index (Phi) is 3.61. The number of rotatable bonds is 3. The molecule has 0 saturated carbocycles. The van der Waals surface area contributed by atoms with Gasteiger partial charge in [0.15, 0.2) is 5.11 Å². The highest BCUT2D eigenvalue weighted by Crippen LogP contribution is 2.05. The first-order chi connectivity index (χ1) is 8.29. The molecule has 2 rings (SSSR count). The largest absolute Gasteiger partial charge is 0.363 e. The molecule has 2 aromatic heterocycles. The number of thiocarbonyl (C=S) groups is 1. The van der Waals surface area contributed by atoms with E-state index in [-0.39, 0.29) is 0 Å². The summed E-state index contributed by atoms with van der Waals surface area (Å²) in [6, 6.07) is 1.75. The third-order valence-corrected chi connectivity index (χ3v) is 2.20. The second-order valence-corrected chi connectivity index (χ2v) is 3.60. The summed E-state index contributed by atoms with van der Waals surface area (Å²) in [5.41, 5.74) is 0. The summed E-state index contributed by atoms with van der Waals surface area (Å²) in [5.74, 6) is 1.20. The van der Waals surface area contributed by atoms with Crippen molar-refractivity contribution in [3.63, 3.8) is 0 Å². The predicted octanol–water partition coefficient (Wildman–Crippen LogP) is 0.969. The molecule has 0 amide bonds. The normalized spacial score (nSPS) is 9.94. The van der Waals surface area contributed by atoms with Crippen LogP contribution in [0.25, 0.3) is 5.95 Å². The Hall–Kier alpha value is -2.02. The van der Waals surface area contributed by atoms with Gasteiger partial charge in [-0.05, 0) is 25.2 Å². The molecule has 2 N–H and O–H groups in total. The monoisotopic (exact) mass is 248 g/mol. The zero-order valence-electron chi connectivity index (χ0n) is 9.29. The molecule has 2 aromatic rings. The Morgan fingerprint density at radius 1 is 1.47 bits per heavy atom. The van der Waals surface area contributed by atoms with Crippen LogP contribution in [0.3, 0.4) is 0 Å². The van der Waals surface area contributed by atoms with Gasteiger partial charge in [0.1, 0.15) is 12.1 Å². The smallest absolute Gasteiger partial charge is 0.236 e. The molecule has 0 bridgehead atoms. The van der Waals surface area contributed by atoms with Crippen molar-refractivity contribution in [2.24, 2.45) is 0 Å². The molecule has 0 aliphatic carbocycles. The SMILES string of the molecule is CCNC(=S)Nc1ccnc(-n2ccnc2)n1. The maximum atomic E-state index is 5.08. The van der Waals surface area contributed by atoms with E-state index in [1.54, 1.807) is 35.6 Å². The third kappa shape index (κ3) is 2.97. The quantitative estimate of drug-likeness (QED) is 0.789. The molecule has 0 aliphatic rings. The summed E-state index contributed by atoms with van der Waals surface area (Å²) in [7, 11) is 0. The number of nitrogens with zero attached hydrogens (tertiary/aromatic N) is 4. The average Bonchev–Trinajstić information content (AvgIpc) is 2.83. The molecule has 0 radical (unpaired) electrons. The van der Waals surface area contributed by atoms with Crippen molar-refractivity contribution >= 4 is 23.1 Å². The second-order valence-electron chi connectivity index (χ2n) is 3.20. The molecule has 0 aromatic carbocycles. The summed E-state index contributed by atoms with van der Waals surface area (Å²) >= 11 is 5.08. The molecule has 0 aliphatic heterocycles. The summed E-state index contributed by atoms with van der Waals surface area (Å²) in [6.07, 6.45) is 6.76. The van der Waals surface area contributed by atoms with Gasteiger partial charge >= 0.3 is 0 Å². The van der Waals surface area contributed by atoms with Crippen LogP contribution in [0.4, 0.5) is 5.82 Å². The number of hydrogen-bond donors (Lipinski definition) is 2. The van der Waals surface area contributed by atoms with E-state index >= 15 is 0 Å². The van der Waals surface area contributed by atoms with Crippen molar-refractivity contribution in [2.45, 2.75) is 6.92 Å². The van der Waals surface area contributed by atoms with Crippen LogP contribution in [0.5, 0.6) is 0 Å². The standard InChI is InChI=1S/C10H12N6S/c1-2-12-10(17)15-8-3-4-13-9(14-8)16-6-5-11-7-16/h3-7H,2H2,1H3,(H2,12,13,14,15,17). The van der Waals surface area contributed by atoms with Gasteiger partial charge in [0.25, 0.3) is 0 Å². The van der Waals surface area contributed by atoms with Crippen LogP contribution in [0.15, 0.2) is 31.0 Å². The van der Waals surface area contributed by atoms with E-state index in [1.807, 2.05) is 6.92 Å². The first kappa shape index (κ1) is 11.5. The van der Waals surface area contributed by atoms with E-state index in [2.05, 4.69) is 25.6 Å². The first-order valence-electron chi connectivity index (χ1n) is 5.16. The molecule has 88 valence electrons. The van der Waals surface area contributed by atoms with Crippen molar-refractivity contribution in [1.29, 1.82) is 0 Å². The van der Waals surface area contributed by atoms with Crippen LogP contribution in [0, 0.1) is 0 Å². The number of nitrogens with one attached hydrogen (secondary N) is 2. The molecule has 0 atom stereocenters. The molecular formula is C10H12N6S. The molecule has 7 heteroatoms. The summed E-state index contributed by atoms with van der Waals surface area (Å²) in [5, 5.41) is 6.51. The fourth-order valence-corrected chi connectivity index (χ4v) is 1.49. The summed E-state index contributed by atoms with van der Waals surface area (Å²) in [4.78, 5) is 12.4. The predicted molar refractivity (Wildman–Crippen MR) is 69.1 cm³/mol. The van der Waals surface area contributed by atoms with Gasteiger partial charge in [0, 0.05) is 25.1 Å². The lowest BCUT2D eigenvalue weighted by Crippen LogP contribution is -2.28. The van der Waals surface area contributed by atoms with Crippen LogP contribution < -0.4 is 10.6 Å². The Bertz CT molecular complexity index is 495. The van der Waals surface area contributed by atoms with Gasteiger partial charge in [-0.15, -0.1) is 0 Å². The number of hydrogen-bond acceptors (Lipinski definition) is 4. The Balaban J connectivity index is 2.15. The Labute approximate surface area is 104 Å². The van der Waals surface area contributed by atoms with Gasteiger partial charge in [0.2, 0.25) is 5.95 Å². The maximum absolute atomic E-state index is 5.08. The van der Waals surface area contributed by atoms with Crippen molar-refractivity contribution < 1.29 is 0 Å². The van der Waals surface area contributed by atoms with E-state index in [0.717, 1.165) is 6.54 Å². The molecule has 0 fully saturated rings. The third-order valence-electron chi connectivity index (χ3n) is 1.96. The first-order valence-corrected chi connectivity index (χ1v) is 5.56. The van der Waals surface area contributed by atoms with E-state index in [1.165, 1.54) is 0 Å². The van der Waals surface area contributed by atoms with Crippen molar-refractivity contribution in [3.05, 3.63) is 31.0 Å². The summed E-state index contributed by atoms with van der Waals surface area (Å²) in [6.45, 7) is 2.75. The van der Waals surface area contributed by atoms with Gasteiger partial charge < -0.3 is 10.6 Å². The van der Waals surface area contributed by atoms with Crippen molar-refractivity contribution in [1.82, 2.24) is 24.8 Å². The lowest BCUT2D eigenvalue weighted by Gasteiger charge is -2.08. The minimum absolute atomic E-state index is 0.544. The van der Waals surface area contributed by atoms with Gasteiger partial charge in [-0.3, -0.25) is 4.57 Å². The van der Waals surface area contributed by atoms with Crippen LogP contribution in [0.1, 0.15) is 6.92 Å². The molecule has 17 heavy (non-hydrogen) atoms. The van der Waals surface area contributed by atoms with Crippen LogP contribution in [0.2, 0.25) is 0 Å². The van der Waals surface area contributed by atoms with Gasteiger partial charge in [-0.1, -0.05) is 0 Å². The van der Waals surface area contributed by atoms with Crippen LogP contribution in [-0.4, -0.2) is 31.2 Å². The molecule has 2 heterocycles. The lowest BCUT2D eigenvalue weighted by molar-refractivity contribution is 0.926. The molecule has 0 unspecified atom stereocenters. The molecule has 0 saturated heterocycles. The zero-order chi connectivity index (χ0) is 12.1. The van der Waals surface area contributed by atoms with Crippen molar-refractivity contribution in [2.75, 3.05) is 11.9 Å². The van der Waals surface area contributed by atoms with Crippen LogP contribution in [-0.2, 0) is 0 Å². The highest BCUT2D eigenvalue weighted by atomic mass is 32.1. The van der Waals surface area contributed by atoms with Gasteiger partial charge in [-0.25, -0.2) is 9.97 Å². The van der Waals surface area contributed by atoms with Crippen molar-refractivity contribution in [3.8, 4) is 5.95 Å². The van der Waals surface area contributed by atoms with Gasteiger partial charge in [0.05, 0.1) is 0 Å². The summed E-state index contributed by atoms with van der Waals surface area (Å²) < 4.78 is 1.72. The average molecular weight is 248 g/mol. The second kappa shape index (κ2) is 5.35. The maximum Gasteiger partial charge on any atom is 0.236 e. The van der Waals surface area contributed by atoms with Gasteiger partial charge in [-0.2, -0.15) is 4.98 Å².